The molecule has 0 aliphatic heterocycles. The Hall–Kier alpha value is -1.71. The van der Waals surface area contributed by atoms with Crippen molar-refractivity contribution in [1.82, 2.24) is 5.32 Å². The molecule has 0 radical (unpaired) electrons. The van der Waals surface area contributed by atoms with Crippen LogP contribution in [0.1, 0.15) is 16.8 Å². The van der Waals surface area contributed by atoms with Gasteiger partial charge < -0.3 is 5.32 Å². The summed E-state index contributed by atoms with van der Waals surface area (Å²) < 4.78 is 25.9. The van der Waals surface area contributed by atoms with E-state index in [0.29, 0.717) is 13.0 Å². The lowest BCUT2D eigenvalue weighted by molar-refractivity contribution is 0.0949. The van der Waals surface area contributed by atoms with Crippen LogP contribution < -0.4 is 5.32 Å². The Kier molecular flexibility index (Phi) is 3.97. The number of carbonyl (C=O) groups is 1. The molecule has 0 heterocycles. The quantitative estimate of drug-likeness (QED) is 0.600. The van der Waals surface area contributed by atoms with Crippen LogP contribution in [0.2, 0.25) is 0 Å². The van der Waals surface area contributed by atoms with Gasteiger partial charge in [-0.2, -0.15) is 0 Å². The molecule has 0 atom stereocenters. The van der Waals surface area contributed by atoms with Crippen molar-refractivity contribution in [1.29, 1.82) is 0 Å². The third kappa shape index (κ3) is 2.87. The van der Waals surface area contributed by atoms with Gasteiger partial charge in [-0.1, -0.05) is 12.1 Å². The number of halogens is 2. The van der Waals surface area contributed by atoms with Crippen molar-refractivity contribution in [2.75, 3.05) is 6.54 Å². The van der Waals surface area contributed by atoms with Gasteiger partial charge in [0, 0.05) is 6.54 Å². The maximum Gasteiger partial charge on any atom is 0.254 e. The second-order valence-electron chi connectivity index (χ2n) is 2.93. The maximum atomic E-state index is 13.1. The number of benzene rings is 1. The summed E-state index contributed by atoms with van der Waals surface area (Å²) >= 11 is 0. The van der Waals surface area contributed by atoms with Crippen LogP contribution in [-0.2, 0) is 0 Å². The van der Waals surface area contributed by atoms with E-state index in [1.54, 1.807) is 6.08 Å². The highest BCUT2D eigenvalue weighted by molar-refractivity contribution is 5.94. The molecule has 1 rings (SSSR count). The van der Waals surface area contributed by atoms with Crippen molar-refractivity contribution in [3.05, 3.63) is 48.1 Å². The molecule has 0 aliphatic rings. The number of rotatable bonds is 4. The minimum absolute atomic E-state index is 0.279. The summed E-state index contributed by atoms with van der Waals surface area (Å²) in [6, 6.07) is 3.50. The molecule has 1 aromatic carbocycles. The van der Waals surface area contributed by atoms with Gasteiger partial charge in [-0.25, -0.2) is 8.78 Å². The SMILES string of the molecule is C=CCCNC(=O)c1cccc(F)c1F. The summed E-state index contributed by atoms with van der Waals surface area (Å²) in [4.78, 5) is 11.3. The average molecular weight is 211 g/mol. The Morgan fingerprint density at radius 3 is 2.87 bits per heavy atom. The number of hydrogen-bond acceptors (Lipinski definition) is 1. The molecule has 0 bridgehead atoms. The smallest absolute Gasteiger partial charge is 0.254 e. The van der Waals surface area contributed by atoms with Crippen molar-refractivity contribution >= 4 is 5.91 Å². The Labute approximate surface area is 86.6 Å². The monoisotopic (exact) mass is 211 g/mol. The van der Waals surface area contributed by atoms with Gasteiger partial charge >= 0.3 is 0 Å². The van der Waals surface area contributed by atoms with E-state index < -0.39 is 17.5 Å². The number of hydrogen-bond donors (Lipinski definition) is 1. The van der Waals surface area contributed by atoms with Gasteiger partial charge in [-0.15, -0.1) is 6.58 Å². The summed E-state index contributed by atoms with van der Waals surface area (Å²) in [5.41, 5.74) is -0.279. The molecule has 0 aliphatic carbocycles. The van der Waals surface area contributed by atoms with E-state index in [1.165, 1.54) is 12.1 Å². The molecule has 1 amide bonds. The third-order valence-corrected chi connectivity index (χ3v) is 1.83. The van der Waals surface area contributed by atoms with Crippen LogP contribution >= 0.6 is 0 Å². The molecule has 0 unspecified atom stereocenters. The van der Waals surface area contributed by atoms with E-state index >= 15 is 0 Å². The summed E-state index contributed by atoms with van der Waals surface area (Å²) in [5, 5.41) is 2.45. The molecule has 0 fully saturated rings. The van der Waals surface area contributed by atoms with Gasteiger partial charge in [0.2, 0.25) is 0 Å². The summed E-state index contributed by atoms with van der Waals surface area (Å²) in [6.07, 6.45) is 2.21. The van der Waals surface area contributed by atoms with Gasteiger partial charge in [0.05, 0.1) is 5.56 Å². The zero-order chi connectivity index (χ0) is 11.3. The zero-order valence-electron chi connectivity index (χ0n) is 8.09. The van der Waals surface area contributed by atoms with E-state index in [-0.39, 0.29) is 5.56 Å². The fraction of sp³-hybridized carbons (Fsp3) is 0.182. The van der Waals surface area contributed by atoms with Crippen molar-refractivity contribution < 1.29 is 13.6 Å². The Balaban J connectivity index is 2.73. The topological polar surface area (TPSA) is 29.1 Å². The van der Waals surface area contributed by atoms with Crippen molar-refractivity contribution in [3.8, 4) is 0 Å². The van der Waals surface area contributed by atoms with Crippen molar-refractivity contribution in [2.45, 2.75) is 6.42 Å². The average Bonchev–Trinajstić information content (AvgIpc) is 2.22. The lowest BCUT2D eigenvalue weighted by Gasteiger charge is -2.04. The van der Waals surface area contributed by atoms with Crippen molar-refractivity contribution in [3.63, 3.8) is 0 Å². The molecule has 80 valence electrons. The molecule has 1 N–H and O–H groups in total. The number of carbonyl (C=O) groups excluding carboxylic acids is 1. The molecule has 0 spiro atoms. The Morgan fingerprint density at radius 2 is 2.20 bits per heavy atom. The van der Waals surface area contributed by atoms with Gasteiger partial charge in [-0.05, 0) is 18.6 Å². The first-order valence-corrected chi connectivity index (χ1v) is 4.50. The number of nitrogens with one attached hydrogen (secondary N) is 1. The summed E-state index contributed by atoms with van der Waals surface area (Å²) in [7, 11) is 0. The highest BCUT2D eigenvalue weighted by Crippen LogP contribution is 2.10. The van der Waals surface area contributed by atoms with Crippen molar-refractivity contribution in [2.24, 2.45) is 0 Å². The predicted octanol–water partition coefficient (Wildman–Crippen LogP) is 2.27. The van der Waals surface area contributed by atoms with Crippen LogP contribution in [0, 0.1) is 11.6 Å². The lowest BCUT2D eigenvalue weighted by Crippen LogP contribution is -2.25. The molecule has 15 heavy (non-hydrogen) atoms. The molecule has 1 aromatic rings. The third-order valence-electron chi connectivity index (χ3n) is 1.83. The molecule has 0 aromatic heterocycles. The number of amides is 1. The molecule has 4 heteroatoms. The Morgan fingerprint density at radius 1 is 1.47 bits per heavy atom. The zero-order valence-corrected chi connectivity index (χ0v) is 8.09. The van der Waals surface area contributed by atoms with Gasteiger partial charge in [0.25, 0.3) is 5.91 Å². The highest BCUT2D eigenvalue weighted by atomic mass is 19.2. The normalized spacial score (nSPS) is 9.73. The van der Waals surface area contributed by atoms with Crippen LogP contribution in [0.15, 0.2) is 30.9 Å². The molecular formula is C11H11F2NO. The molecule has 0 saturated carbocycles. The molecule has 2 nitrogen and oxygen atoms in total. The minimum atomic E-state index is -1.12. The highest BCUT2D eigenvalue weighted by Gasteiger charge is 2.13. The summed E-state index contributed by atoms with van der Waals surface area (Å²) in [6.45, 7) is 3.84. The van der Waals surface area contributed by atoms with Gasteiger partial charge in [-0.3, -0.25) is 4.79 Å². The maximum absolute atomic E-state index is 13.1. The van der Waals surface area contributed by atoms with Crippen LogP contribution in [0.4, 0.5) is 8.78 Å². The largest absolute Gasteiger partial charge is 0.352 e. The fourth-order valence-electron chi connectivity index (χ4n) is 1.06. The van der Waals surface area contributed by atoms with Gasteiger partial charge in [0.1, 0.15) is 0 Å². The van der Waals surface area contributed by atoms with Crippen LogP contribution in [0.25, 0.3) is 0 Å². The van der Waals surface area contributed by atoms with E-state index in [1.807, 2.05) is 0 Å². The van der Waals surface area contributed by atoms with Gasteiger partial charge in [0.15, 0.2) is 11.6 Å². The minimum Gasteiger partial charge on any atom is -0.352 e. The summed E-state index contributed by atoms with van der Waals surface area (Å²) in [5.74, 6) is -2.76. The first-order chi connectivity index (χ1) is 7.16. The van der Waals surface area contributed by atoms with E-state index in [4.69, 9.17) is 0 Å². The van der Waals surface area contributed by atoms with Crippen LogP contribution in [0.5, 0.6) is 0 Å². The predicted molar refractivity (Wildman–Crippen MR) is 53.5 cm³/mol. The fourth-order valence-corrected chi connectivity index (χ4v) is 1.06. The van der Waals surface area contributed by atoms with E-state index in [9.17, 15) is 13.6 Å². The standard InChI is InChI=1S/C11H11F2NO/c1-2-3-7-14-11(15)8-5-4-6-9(12)10(8)13/h2,4-6H,1,3,7H2,(H,14,15). The second-order valence-corrected chi connectivity index (χ2v) is 2.93. The lowest BCUT2D eigenvalue weighted by atomic mass is 10.2. The molecule has 0 saturated heterocycles. The Bertz CT molecular complexity index is 377. The van der Waals surface area contributed by atoms with E-state index in [0.717, 1.165) is 6.07 Å². The first kappa shape index (κ1) is 11.4. The van der Waals surface area contributed by atoms with E-state index in [2.05, 4.69) is 11.9 Å². The van der Waals surface area contributed by atoms with Crippen LogP contribution in [0.3, 0.4) is 0 Å². The van der Waals surface area contributed by atoms with Crippen LogP contribution in [-0.4, -0.2) is 12.5 Å². The second kappa shape index (κ2) is 5.24. The molecular weight excluding hydrogens is 200 g/mol. The first-order valence-electron chi connectivity index (χ1n) is 4.50.